The molecule has 0 amide bonds. The summed E-state index contributed by atoms with van der Waals surface area (Å²) >= 11 is 5.53. The lowest BCUT2D eigenvalue weighted by molar-refractivity contribution is -0.117. The molecule has 0 radical (unpaired) electrons. The van der Waals surface area contributed by atoms with Gasteiger partial charge in [0.05, 0.1) is 0 Å². The second-order valence-electron chi connectivity index (χ2n) is 3.41. The van der Waals surface area contributed by atoms with E-state index in [1.165, 1.54) is 0 Å². The fraction of sp³-hybridized carbons (Fsp3) is 0.750. The smallest absolute Gasteiger partial charge is 0.129 e. The van der Waals surface area contributed by atoms with Crippen LogP contribution in [0.2, 0.25) is 0 Å². The Morgan fingerprint density at radius 1 is 1.07 bits per heavy atom. The molecule has 1 nitrogen and oxygen atoms in total. The first kappa shape index (κ1) is 13.5. The molecule has 0 rings (SSSR count). The van der Waals surface area contributed by atoms with Crippen molar-refractivity contribution in [1.82, 2.24) is 0 Å². The van der Waals surface area contributed by atoms with Gasteiger partial charge in [-0.1, -0.05) is 0 Å². The van der Waals surface area contributed by atoms with E-state index in [1.807, 2.05) is 0 Å². The van der Waals surface area contributed by atoms with Crippen molar-refractivity contribution in [2.24, 2.45) is 0 Å². The number of hydrogen-bond acceptors (Lipinski definition) is 1. The van der Waals surface area contributed by atoms with E-state index in [4.69, 9.17) is 11.6 Å². The molecular formula is C12H19ClO. The van der Waals surface area contributed by atoms with Crippen molar-refractivity contribution in [3.63, 3.8) is 0 Å². The van der Waals surface area contributed by atoms with E-state index in [9.17, 15) is 4.79 Å². The van der Waals surface area contributed by atoms with Gasteiger partial charge < -0.3 is 4.79 Å². The third kappa shape index (κ3) is 11.5. The molecule has 2 heteroatoms. The standard InChI is InChI=1S/C12H19ClO/c1-12(14)10-8-6-4-2-3-5-7-9-11-13/h4-11H2,1H3. The van der Waals surface area contributed by atoms with Crippen molar-refractivity contribution in [3.05, 3.63) is 0 Å². The second-order valence-corrected chi connectivity index (χ2v) is 3.79. The zero-order valence-corrected chi connectivity index (χ0v) is 9.70. The van der Waals surface area contributed by atoms with Crippen LogP contribution in [0.15, 0.2) is 0 Å². The number of carbonyl (C=O) groups excluding carboxylic acids is 1. The molecule has 80 valence electrons. The highest BCUT2D eigenvalue weighted by molar-refractivity contribution is 6.17. The number of halogens is 1. The van der Waals surface area contributed by atoms with Gasteiger partial charge in [0, 0.05) is 25.1 Å². The Hall–Kier alpha value is -0.480. The van der Waals surface area contributed by atoms with Gasteiger partial charge in [-0.2, -0.15) is 0 Å². The number of carbonyl (C=O) groups is 1. The SMILES string of the molecule is CC(=O)CCCCC#CCCCCCl. The maximum atomic E-state index is 10.6. The predicted octanol–water partition coefficient (Wildman–Crippen LogP) is 3.55. The number of rotatable bonds is 7. The van der Waals surface area contributed by atoms with Crippen molar-refractivity contribution in [2.75, 3.05) is 5.88 Å². The Kier molecular flexibility index (Phi) is 10.2. The van der Waals surface area contributed by atoms with Crippen LogP contribution in [0.25, 0.3) is 0 Å². The van der Waals surface area contributed by atoms with Gasteiger partial charge in [-0.3, -0.25) is 0 Å². The van der Waals surface area contributed by atoms with Crippen LogP contribution in [0.4, 0.5) is 0 Å². The van der Waals surface area contributed by atoms with Crippen LogP contribution in [-0.4, -0.2) is 11.7 Å². The van der Waals surface area contributed by atoms with E-state index in [-0.39, 0.29) is 5.78 Å². The molecule has 0 aromatic carbocycles. The van der Waals surface area contributed by atoms with E-state index in [1.54, 1.807) is 6.92 Å². The first-order chi connectivity index (χ1) is 6.77. The van der Waals surface area contributed by atoms with Crippen LogP contribution < -0.4 is 0 Å². The van der Waals surface area contributed by atoms with Gasteiger partial charge in [0.25, 0.3) is 0 Å². The Morgan fingerprint density at radius 2 is 1.64 bits per heavy atom. The molecule has 0 aliphatic heterocycles. The number of alkyl halides is 1. The quantitative estimate of drug-likeness (QED) is 0.360. The first-order valence-electron chi connectivity index (χ1n) is 5.28. The molecule has 14 heavy (non-hydrogen) atoms. The second kappa shape index (κ2) is 10.6. The van der Waals surface area contributed by atoms with E-state index < -0.39 is 0 Å². The summed E-state index contributed by atoms with van der Waals surface area (Å²) in [5.41, 5.74) is 0. The van der Waals surface area contributed by atoms with Crippen LogP contribution in [0, 0.1) is 11.8 Å². The van der Waals surface area contributed by atoms with Crippen molar-refractivity contribution in [2.45, 2.75) is 51.9 Å². The molecule has 0 fully saturated rings. The molecule has 0 aromatic rings. The highest BCUT2D eigenvalue weighted by Gasteiger charge is 1.91. The fourth-order valence-corrected chi connectivity index (χ4v) is 1.26. The summed E-state index contributed by atoms with van der Waals surface area (Å²) in [7, 11) is 0. The largest absolute Gasteiger partial charge is 0.300 e. The average Bonchev–Trinajstić information content (AvgIpc) is 2.15. The Morgan fingerprint density at radius 3 is 2.14 bits per heavy atom. The van der Waals surface area contributed by atoms with Gasteiger partial charge in [0.2, 0.25) is 0 Å². The molecule has 0 saturated heterocycles. The molecule has 0 heterocycles. The highest BCUT2D eigenvalue weighted by Crippen LogP contribution is 2.00. The lowest BCUT2D eigenvalue weighted by Gasteiger charge is -1.92. The number of unbranched alkanes of at least 4 members (excludes halogenated alkanes) is 4. The minimum Gasteiger partial charge on any atom is -0.300 e. The molecular weight excluding hydrogens is 196 g/mol. The minimum atomic E-state index is 0.278. The topological polar surface area (TPSA) is 17.1 Å². The van der Waals surface area contributed by atoms with E-state index in [2.05, 4.69) is 11.8 Å². The first-order valence-corrected chi connectivity index (χ1v) is 5.82. The molecule has 0 aliphatic rings. The van der Waals surface area contributed by atoms with Gasteiger partial charge in [0.15, 0.2) is 0 Å². The minimum absolute atomic E-state index is 0.278. The summed E-state index contributed by atoms with van der Waals surface area (Å²) < 4.78 is 0. The van der Waals surface area contributed by atoms with Gasteiger partial charge in [0.1, 0.15) is 5.78 Å². The maximum absolute atomic E-state index is 10.6. The van der Waals surface area contributed by atoms with E-state index >= 15 is 0 Å². The lowest BCUT2D eigenvalue weighted by Crippen LogP contribution is -1.88. The predicted molar refractivity (Wildman–Crippen MR) is 61.5 cm³/mol. The van der Waals surface area contributed by atoms with Crippen LogP contribution in [0.1, 0.15) is 51.9 Å². The number of hydrogen-bond donors (Lipinski definition) is 0. The third-order valence-electron chi connectivity index (χ3n) is 1.89. The lowest BCUT2D eigenvalue weighted by atomic mass is 10.1. The monoisotopic (exact) mass is 214 g/mol. The summed E-state index contributed by atoms with van der Waals surface area (Å²) in [6.07, 6.45) is 6.76. The van der Waals surface area contributed by atoms with Crippen LogP contribution >= 0.6 is 11.6 Å². The van der Waals surface area contributed by atoms with Crippen LogP contribution in [0.5, 0.6) is 0 Å². The Balaban J connectivity index is 3.13. The van der Waals surface area contributed by atoms with Crippen molar-refractivity contribution in [3.8, 4) is 11.8 Å². The molecule has 0 N–H and O–H groups in total. The van der Waals surface area contributed by atoms with Crippen molar-refractivity contribution < 1.29 is 4.79 Å². The van der Waals surface area contributed by atoms with Gasteiger partial charge >= 0.3 is 0 Å². The molecule has 0 unspecified atom stereocenters. The third-order valence-corrected chi connectivity index (χ3v) is 2.16. The van der Waals surface area contributed by atoms with Gasteiger partial charge in [-0.15, -0.1) is 23.4 Å². The van der Waals surface area contributed by atoms with E-state index in [0.717, 1.165) is 44.4 Å². The normalized spacial score (nSPS) is 9.29. The Labute approximate surface area is 92.2 Å². The summed E-state index contributed by atoms with van der Waals surface area (Å²) in [5.74, 6) is 7.24. The van der Waals surface area contributed by atoms with Gasteiger partial charge in [-0.05, 0) is 32.6 Å². The zero-order chi connectivity index (χ0) is 10.6. The van der Waals surface area contributed by atoms with E-state index in [0.29, 0.717) is 6.42 Å². The number of ketones is 1. The molecule has 0 spiro atoms. The highest BCUT2D eigenvalue weighted by atomic mass is 35.5. The molecule has 0 aromatic heterocycles. The average molecular weight is 215 g/mol. The maximum Gasteiger partial charge on any atom is 0.129 e. The summed E-state index contributed by atoms with van der Waals surface area (Å²) in [4.78, 5) is 10.6. The van der Waals surface area contributed by atoms with Crippen LogP contribution in [0.3, 0.4) is 0 Å². The Bertz CT molecular complexity index is 200. The summed E-state index contributed by atoms with van der Waals surface area (Å²) in [6.45, 7) is 1.64. The molecule has 0 saturated carbocycles. The molecule has 0 aliphatic carbocycles. The van der Waals surface area contributed by atoms with Crippen molar-refractivity contribution >= 4 is 17.4 Å². The van der Waals surface area contributed by atoms with Gasteiger partial charge in [-0.25, -0.2) is 0 Å². The van der Waals surface area contributed by atoms with Crippen LogP contribution in [-0.2, 0) is 4.79 Å². The summed E-state index contributed by atoms with van der Waals surface area (Å²) in [6, 6.07) is 0. The molecule has 0 atom stereocenters. The fourth-order valence-electron chi connectivity index (χ4n) is 1.07. The number of Topliss-reactive ketones (excluding diaryl/α,β-unsaturated/α-hetero) is 1. The zero-order valence-electron chi connectivity index (χ0n) is 8.94. The van der Waals surface area contributed by atoms with Crippen molar-refractivity contribution in [1.29, 1.82) is 0 Å². The molecule has 0 bridgehead atoms. The summed E-state index contributed by atoms with van der Waals surface area (Å²) in [5, 5.41) is 0.